The van der Waals surface area contributed by atoms with Crippen molar-refractivity contribution < 1.29 is 0 Å². The molecule has 0 amide bonds. The van der Waals surface area contributed by atoms with Crippen molar-refractivity contribution in [1.29, 1.82) is 0 Å². The Morgan fingerprint density at radius 3 is 2.58 bits per heavy atom. The fourth-order valence-electron chi connectivity index (χ4n) is 1.33. The maximum atomic E-state index is 3.55. The summed E-state index contributed by atoms with van der Waals surface area (Å²) in [4.78, 5) is 0. The summed E-state index contributed by atoms with van der Waals surface area (Å²) in [6.07, 6.45) is 5.35. The van der Waals surface area contributed by atoms with Gasteiger partial charge in [-0.25, -0.2) is 0 Å². The molecule has 0 aliphatic heterocycles. The maximum Gasteiger partial charge on any atom is 0.0393 e. The van der Waals surface area contributed by atoms with Crippen LogP contribution in [-0.4, -0.2) is 0 Å². The van der Waals surface area contributed by atoms with Gasteiger partial charge in [-0.2, -0.15) is 0 Å². The first-order chi connectivity index (χ1) is 5.70. The van der Waals surface area contributed by atoms with Crippen LogP contribution in [0.3, 0.4) is 0 Å². The minimum Gasteiger partial charge on any atom is -0.0794 e. The molecule has 2 rings (SSSR count). The van der Waals surface area contributed by atoms with Crippen LogP contribution < -0.4 is 0 Å². The highest BCUT2D eigenvalue weighted by molar-refractivity contribution is 9.13. The molecular weight excluding hydrogens is 348 g/mol. The zero-order valence-corrected chi connectivity index (χ0v) is 10.8. The monoisotopic (exact) mass is 350 g/mol. The van der Waals surface area contributed by atoms with Gasteiger partial charge in [0.05, 0.1) is 0 Å². The summed E-state index contributed by atoms with van der Waals surface area (Å²) in [7, 11) is 0. The Labute approximate surface area is 96.4 Å². The summed E-state index contributed by atoms with van der Waals surface area (Å²) in [5, 5.41) is 0. The van der Waals surface area contributed by atoms with Crippen LogP contribution in [0.25, 0.3) is 6.08 Å². The van der Waals surface area contributed by atoms with Gasteiger partial charge in [0.2, 0.25) is 0 Å². The number of halogens is 3. The lowest BCUT2D eigenvalue weighted by Gasteiger charge is -2.06. The predicted molar refractivity (Wildman–Crippen MR) is 62.3 cm³/mol. The molecule has 1 aliphatic carbocycles. The summed E-state index contributed by atoms with van der Waals surface area (Å²) < 4.78 is 3.42. The molecule has 1 aromatic carbocycles. The molecule has 0 spiro atoms. The smallest absolute Gasteiger partial charge is 0.0393 e. The summed E-state index contributed by atoms with van der Waals surface area (Å²) in [5.74, 6) is 0. The SMILES string of the molecule is Brc1cc(Br)c2c(c1Br)C=CC2. The minimum atomic E-state index is 1.03. The first-order valence-electron chi connectivity index (χ1n) is 3.53. The molecule has 0 fully saturated rings. The van der Waals surface area contributed by atoms with E-state index in [1.54, 1.807) is 0 Å². The highest BCUT2D eigenvalue weighted by Crippen LogP contribution is 2.38. The van der Waals surface area contributed by atoms with Crippen molar-refractivity contribution in [2.24, 2.45) is 0 Å². The second-order valence-corrected chi connectivity index (χ2v) is 5.15. The van der Waals surface area contributed by atoms with E-state index >= 15 is 0 Å². The van der Waals surface area contributed by atoms with Gasteiger partial charge >= 0.3 is 0 Å². The highest BCUT2D eigenvalue weighted by Gasteiger charge is 2.14. The van der Waals surface area contributed by atoms with Gasteiger partial charge in [0.15, 0.2) is 0 Å². The van der Waals surface area contributed by atoms with Gasteiger partial charge in [0, 0.05) is 13.4 Å². The molecule has 0 saturated carbocycles. The molecule has 0 saturated heterocycles. The second kappa shape index (κ2) is 3.28. The molecule has 0 N–H and O–H groups in total. The largest absolute Gasteiger partial charge is 0.0794 e. The van der Waals surface area contributed by atoms with Crippen molar-refractivity contribution in [2.45, 2.75) is 6.42 Å². The molecule has 3 heteroatoms. The van der Waals surface area contributed by atoms with Crippen LogP contribution in [0.4, 0.5) is 0 Å². The molecule has 0 unspecified atom stereocenters. The maximum absolute atomic E-state index is 3.55. The average molecular weight is 353 g/mol. The standard InChI is InChI=1S/C9H5Br3/c10-7-4-8(11)9(12)6-3-1-2-5(6)7/h1,3-4H,2H2. The molecule has 0 bridgehead atoms. The Morgan fingerprint density at radius 2 is 1.83 bits per heavy atom. The average Bonchev–Trinajstić information content (AvgIpc) is 2.48. The molecule has 0 nitrogen and oxygen atoms in total. The zero-order chi connectivity index (χ0) is 8.72. The van der Waals surface area contributed by atoms with E-state index in [9.17, 15) is 0 Å². The van der Waals surface area contributed by atoms with E-state index in [1.165, 1.54) is 15.6 Å². The van der Waals surface area contributed by atoms with Gasteiger partial charge in [0.25, 0.3) is 0 Å². The van der Waals surface area contributed by atoms with Crippen LogP contribution in [0.1, 0.15) is 11.1 Å². The normalized spacial score (nSPS) is 13.6. The van der Waals surface area contributed by atoms with Gasteiger partial charge in [-0.05, 0) is 55.5 Å². The van der Waals surface area contributed by atoms with Crippen molar-refractivity contribution in [1.82, 2.24) is 0 Å². The number of hydrogen-bond donors (Lipinski definition) is 0. The van der Waals surface area contributed by atoms with Crippen molar-refractivity contribution >= 4 is 53.9 Å². The Bertz CT molecular complexity index is 367. The summed E-state index contributed by atoms with van der Waals surface area (Å²) in [6, 6.07) is 2.08. The van der Waals surface area contributed by atoms with E-state index in [0.717, 1.165) is 15.4 Å². The first-order valence-corrected chi connectivity index (χ1v) is 5.91. The zero-order valence-electron chi connectivity index (χ0n) is 6.07. The highest BCUT2D eigenvalue weighted by atomic mass is 79.9. The van der Waals surface area contributed by atoms with Gasteiger partial charge < -0.3 is 0 Å². The van der Waals surface area contributed by atoms with Crippen LogP contribution in [0.2, 0.25) is 0 Å². The molecule has 0 aromatic heterocycles. The van der Waals surface area contributed by atoms with E-state index in [1.807, 2.05) is 0 Å². The van der Waals surface area contributed by atoms with Gasteiger partial charge in [-0.15, -0.1) is 0 Å². The summed E-state index contributed by atoms with van der Waals surface area (Å²) in [6.45, 7) is 0. The number of benzene rings is 1. The molecular formula is C9H5Br3. The van der Waals surface area contributed by atoms with E-state index in [0.29, 0.717) is 0 Å². The topological polar surface area (TPSA) is 0 Å². The van der Waals surface area contributed by atoms with Crippen LogP contribution in [0, 0.1) is 0 Å². The fourth-order valence-corrected chi connectivity index (χ4v) is 3.17. The third kappa shape index (κ3) is 1.32. The van der Waals surface area contributed by atoms with Crippen molar-refractivity contribution in [2.75, 3.05) is 0 Å². The first kappa shape index (κ1) is 8.97. The van der Waals surface area contributed by atoms with Gasteiger partial charge in [-0.3, -0.25) is 0 Å². The fraction of sp³-hybridized carbons (Fsp3) is 0.111. The van der Waals surface area contributed by atoms with Crippen LogP contribution in [0.5, 0.6) is 0 Å². The molecule has 12 heavy (non-hydrogen) atoms. The molecule has 0 radical (unpaired) electrons. The quantitative estimate of drug-likeness (QED) is 0.601. The lowest BCUT2D eigenvalue weighted by atomic mass is 10.1. The lowest BCUT2D eigenvalue weighted by molar-refractivity contribution is 1.27. The molecule has 0 heterocycles. The molecule has 1 aromatic rings. The van der Waals surface area contributed by atoms with E-state index in [-0.39, 0.29) is 0 Å². The minimum absolute atomic E-state index is 1.03. The number of hydrogen-bond acceptors (Lipinski definition) is 0. The van der Waals surface area contributed by atoms with Crippen LogP contribution >= 0.6 is 47.8 Å². The van der Waals surface area contributed by atoms with Gasteiger partial charge in [-0.1, -0.05) is 28.1 Å². The van der Waals surface area contributed by atoms with Crippen molar-refractivity contribution in [3.63, 3.8) is 0 Å². The van der Waals surface area contributed by atoms with Crippen molar-refractivity contribution in [3.8, 4) is 0 Å². The third-order valence-electron chi connectivity index (χ3n) is 1.92. The summed E-state index contributed by atoms with van der Waals surface area (Å²) in [5.41, 5.74) is 2.65. The molecule has 62 valence electrons. The van der Waals surface area contributed by atoms with Crippen molar-refractivity contribution in [3.05, 3.63) is 36.7 Å². The number of allylic oxidation sites excluding steroid dienone is 1. The molecule has 0 atom stereocenters. The Hall–Kier alpha value is 0.400. The van der Waals surface area contributed by atoms with Gasteiger partial charge in [0.1, 0.15) is 0 Å². The Balaban J connectivity index is 2.75. The van der Waals surface area contributed by atoms with Crippen LogP contribution in [0.15, 0.2) is 25.6 Å². The van der Waals surface area contributed by atoms with E-state index in [2.05, 4.69) is 66.0 Å². The predicted octanol–water partition coefficient (Wildman–Crippen LogP) is 4.54. The Kier molecular flexibility index (Phi) is 2.45. The lowest BCUT2D eigenvalue weighted by Crippen LogP contribution is -1.86. The third-order valence-corrected chi connectivity index (χ3v) is 4.64. The van der Waals surface area contributed by atoms with Crippen LogP contribution in [-0.2, 0) is 6.42 Å². The number of rotatable bonds is 0. The molecule has 1 aliphatic rings. The Morgan fingerprint density at radius 1 is 1.08 bits per heavy atom. The van der Waals surface area contributed by atoms with E-state index in [4.69, 9.17) is 0 Å². The second-order valence-electron chi connectivity index (χ2n) is 2.65. The number of fused-ring (bicyclic) bond motifs is 1. The summed E-state index contributed by atoms with van der Waals surface area (Å²) >= 11 is 10.6. The van der Waals surface area contributed by atoms with E-state index < -0.39 is 0 Å².